The minimum Gasteiger partial charge on any atom is -0.497 e. The lowest BCUT2D eigenvalue weighted by Crippen LogP contribution is -1.93. The van der Waals surface area contributed by atoms with E-state index in [1.807, 2.05) is 48.5 Å². The number of fused-ring (bicyclic) bond motifs is 2. The zero-order valence-corrected chi connectivity index (χ0v) is 26.3. The zero-order chi connectivity index (χ0) is 31.6. The third-order valence-corrected chi connectivity index (χ3v) is 8.72. The largest absolute Gasteiger partial charge is 0.497 e. The quantitative estimate of drug-likeness (QED) is 0.162. The molecule has 0 bridgehead atoms. The maximum Gasteiger partial charge on any atom is 0.118 e. The summed E-state index contributed by atoms with van der Waals surface area (Å²) in [4.78, 5) is 0. The molecule has 46 heavy (non-hydrogen) atoms. The van der Waals surface area contributed by atoms with Crippen LogP contribution in [0.25, 0.3) is 66.1 Å². The van der Waals surface area contributed by atoms with E-state index in [1.165, 1.54) is 32.7 Å². The maximum absolute atomic E-state index is 5.54. The van der Waals surface area contributed by atoms with Gasteiger partial charge in [0.25, 0.3) is 0 Å². The zero-order valence-electron chi connectivity index (χ0n) is 26.3. The van der Waals surface area contributed by atoms with E-state index in [-0.39, 0.29) is 0 Å². The molecule has 0 aliphatic heterocycles. The van der Waals surface area contributed by atoms with E-state index in [1.54, 1.807) is 28.4 Å². The van der Waals surface area contributed by atoms with Crippen molar-refractivity contribution in [2.45, 2.75) is 0 Å². The summed E-state index contributed by atoms with van der Waals surface area (Å²) in [6.07, 6.45) is 0. The van der Waals surface area contributed by atoms with Crippen molar-refractivity contribution >= 4 is 21.5 Å². The van der Waals surface area contributed by atoms with Gasteiger partial charge in [-0.05, 0) is 127 Å². The van der Waals surface area contributed by atoms with Gasteiger partial charge in [-0.3, -0.25) is 0 Å². The van der Waals surface area contributed by atoms with Gasteiger partial charge in [-0.1, -0.05) is 72.8 Å². The van der Waals surface area contributed by atoms with Gasteiger partial charge in [-0.15, -0.1) is 0 Å². The van der Waals surface area contributed by atoms with Crippen LogP contribution in [0.2, 0.25) is 0 Å². The van der Waals surface area contributed by atoms with Gasteiger partial charge in [0, 0.05) is 0 Å². The summed E-state index contributed by atoms with van der Waals surface area (Å²) in [6.45, 7) is 0. The first-order chi connectivity index (χ1) is 22.6. The molecule has 0 radical (unpaired) electrons. The molecule has 0 aliphatic carbocycles. The van der Waals surface area contributed by atoms with Crippen LogP contribution in [0.1, 0.15) is 0 Å². The highest BCUT2D eigenvalue weighted by atomic mass is 16.5. The molecular formula is C42H34O4. The molecule has 7 rings (SSSR count). The molecule has 0 amide bonds. The van der Waals surface area contributed by atoms with Gasteiger partial charge in [0.05, 0.1) is 28.4 Å². The molecule has 0 atom stereocenters. The standard InChI is InChI=1S/C42H34O4/c1-43-33-15-5-27(6-16-33)31-13-23-37-39(25-31)42(30-11-21-36(46-4)22-12-30)40-26-32(28-7-17-34(44-2)18-8-28)14-24-38(40)41(37)29-9-19-35(45-3)20-10-29/h5-26H,1-4H3. The minimum atomic E-state index is 0.824. The van der Waals surface area contributed by atoms with Crippen LogP contribution in [0.3, 0.4) is 0 Å². The predicted octanol–water partition coefficient (Wildman–Crippen LogP) is 10.7. The molecule has 0 saturated heterocycles. The van der Waals surface area contributed by atoms with Crippen LogP contribution in [0.5, 0.6) is 23.0 Å². The second kappa shape index (κ2) is 12.3. The normalized spacial score (nSPS) is 11.0. The van der Waals surface area contributed by atoms with E-state index in [2.05, 4.69) is 84.9 Å². The fourth-order valence-corrected chi connectivity index (χ4v) is 6.29. The Morgan fingerprint density at radius 1 is 0.261 bits per heavy atom. The fourth-order valence-electron chi connectivity index (χ4n) is 6.29. The summed E-state index contributed by atoms with van der Waals surface area (Å²) >= 11 is 0. The summed E-state index contributed by atoms with van der Waals surface area (Å²) in [6, 6.07) is 46.8. The molecule has 0 spiro atoms. The molecule has 0 aromatic heterocycles. The lowest BCUT2D eigenvalue weighted by atomic mass is 9.84. The van der Waals surface area contributed by atoms with Gasteiger partial charge in [0.1, 0.15) is 23.0 Å². The van der Waals surface area contributed by atoms with Crippen molar-refractivity contribution in [1.29, 1.82) is 0 Å². The lowest BCUT2D eigenvalue weighted by Gasteiger charge is -2.20. The third-order valence-electron chi connectivity index (χ3n) is 8.72. The van der Waals surface area contributed by atoms with E-state index >= 15 is 0 Å². The molecule has 0 aliphatic rings. The highest BCUT2D eigenvalue weighted by Gasteiger charge is 2.19. The van der Waals surface area contributed by atoms with Crippen LogP contribution in [0.15, 0.2) is 133 Å². The summed E-state index contributed by atoms with van der Waals surface area (Å²) in [5.74, 6) is 3.32. The Labute approximate surface area is 269 Å². The van der Waals surface area contributed by atoms with Crippen molar-refractivity contribution in [3.05, 3.63) is 133 Å². The van der Waals surface area contributed by atoms with Crippen LogP contribution in [0.4, 0.5) is 0 Å². The number of hydrogen-bond acceptors (Lipinski definition) is 4. The molecule has 0 fully saturated rings. The molecule has 226 valence electrons. The van der Waals surface area contributed by atoms with Crippen molar-refractivity contribution < 1.29 is 18.9 Å². The molecular weight excluding hydrogens is 568 g/mol. The van der Waals surface area contributed by atoms with Crippen LogP contribution < -0.4 is 18.9 Å². The summed E-state index contributed by atoms with van der Waals surface area (Å²) in [5, 5.41) is 4.70. The smallest absolute Gasteiger partial charge is 0.118 e. The Balaban J connectivity index is 1.58. The molecule has 7 aromatic carbocycles. The molecule has 0 N–H and O–H groups in total. The highest BCUT2D eigenvalue weighted by Crippen LogP contribution is 2.46. The van der Waals surface area contributed by atoms with Crippen molar-refractivity contribution in [2.75, 3.05) is 28.4 Å². The molecule has 4 nitrogen and oxygen atoms in total. The van der Waals surface area contributed by atoms with Crippen molar-refractivity contribution in [3.8, 4) is 67.5 Å². The monoisotopic (exact) mass is 602 g/mol. The second-order valence-corrected chi connectivity index (χ2v) is 11.2. The molecule has 7 aromatic rings. The molecule has 0 unspecified atom stereocenters. The summed E-state index contributed by atoms with van der Waals surface area (Å²) < 4.78 is 21.9. The van der Waals surface area contributed by atoms with Crippen LogP contribution in [-0.2, 0) is 0 Å². The first-order valence-electron chi connectivity index (χ1n) is 15.2. The Hall–Kier alpha value is -5.74. The van der Waals surface area contributed by atoms with Gasteiger partial charge in [0.2, 0.25) is 0 Å². The SMILES string of the molecule is COc1ccc(-c2ccc3c(-c4ccc(OC)cc4)c4ccc(-c5ccc(OC)cc5)cc4c(-c4ccc(OC)cc4)c3c2)cc1. The van der Waals surface area contributed by atoms with Crippen molar-refractivity contribution in [3.63, 3.8) is 0 Å². The van der Waals surface area contributed by atoms with Gasteiger partial charge in [0.15, 0.2) is 0 Å². The second-order valence-electron chi connectivity index (χ2n) is 11.2. The van der Waals surface area contributed by atoms with Crippen molar-refractivity contribution in [1.82, 2.24) is 0 Å². The van der Waals surface area contributed by atoms with Crippen LogP contribution in [0, 0.1) is 0 Å². The predicted molar refractivity (Wildman–Crippen MR) is 189 cm³/mol. The number of rotatable bonds is 8. The van der Waals surface area contributed by atoms with Crippen LogP contribution in [-0.4, -0.2) is 28.4 Å². The van der Waals surface area contributed by atoms with E-state index in [0.717, 1.165) is 56.4 Å². The first-order valence-corrected chi connectivity index (χ1v) is 15.2. The van der Waals surface area contributed by atoms with E-state index in [9.17, 15) is 0 Å². The molecule has 0 heterocycles. The van der Waals surface area contributed by atoms with E-state index in [4.69, 9.17) is 18.9 Å². The topological polar surface area (TPSA) is 36.9 Å². The first kappa shape index (κ1) is 29.0. The Morgan fingerprint density at radius 2 is 0.522 bits per heavy atom. The van der Waals surface area contributed by atoms with Crippen LogP contribution >= 0.6 is 0 Å². The minimum absolute atomic E-state index is 0.824. The fraction of sp³-hybridized carbons (Fsp3) is 0.0952. The average molecular weight is 603 g/mol. The summed E-state index contributed by atoms with van der Waals surface area (Å²) in [5.41, 5.74) is 9.14. The van der Waals surface area contributed by atoms with Gasteiger partial charge in [-0.2, -0.15) is 0 Å². The molecule has 4 heteroatoms. The van der Waals surface area contributed by atoms with E-state index < -0.39 is 0 Å². The summed E-state index contributed by atoms with van der Waals surface area (Å²) in [7, 11) is 6.78. The number of methoxy groups -OCH3 is 4. The Morgan fingerprint density at radius 3 is 0.826 bits per heavy atom. The van der Waals surface area contributed by atoms with Gasteiger partial charge < -0.3 is 18.9 Å². The number of hydrogen-bond donors (Lipinski definition) is 0. The van der Waals surface area contributed by atoms with E-state index in [0.29, 0.717) is 0 Å². The third kappa shape index (κ3) is 5.28. The van der Waals surface area contributed by atoms with Gasteiger partial charge in [-0.25, -0.2) is 0 Å². The Kier molecular flexibility index (Phi) is 7.78. The van der Waals surface area contributed by atoms with Gasteiger partial charge >= 0.3 is 0 Å². The number of ether oxygens (including phenoxy) is 4. The number of benzene rings is 7. The van der Waals surface area contributed by atoms with Crippen molar-refractivity contribution in [2.24, 2.45) is 0 Å². The lowest BCUT2D eigenvalue weighted by molar-refractivity contribution is 0.415. The Bertz CT molecular complexity index is 2040. The highest BCUT2D eigenvalue weighted by molar-refractivity contribution is 6.22. The maximum atomic E-state index is 5.54. The molecule has 0 saturated carbocycles. The average Bonchev–Trinajstić information content (AvgIpc) is 3.13.